The number of carbonyl (C=O) groups excluding carboxylic acids is 1. The lowest BCUT2D eigenvalue weighted by atomic mass is 10.2. The fourth-order valence-electron chi connectivity index (χ4n) is 1.48. The topological polar surface area (TPSA) is 108 Å². The van der Waals surface area contributed by atoms with E-state index in [0.29, 0.717) is 0 Å². The minimum atomic E-state index is -0.780. The minimum absolute atomic E-state index is 0.0396. The number of esters is 1. The number of aromatic nitrogens is 2. The average molecular weight is 298 g/mol. The van der Waals surface area contributed by atoms with Gasteiger partial charge in [0.1, 0.15) is 5.56 Å². The van der Waals surface area contributed by atoms with Crippen molar-refractivity contribution in [1.29, 1.82) is 0 Å². The van der Waals surface area contributed by atoms with Gasteiger partial charge in [0, 0.05) is 6.07 Å². The van der Waals surface area contributed by atoms with Gasteiger partial charge in [0.05, 0.1) is 16.6 Å². The molecule has 0 saturated heterocycles. The Balaban J connectivity index is 2.47. The van der Waals surface area contributed by atoms with Gasteiger partial charge in [-0.2, -0.15) is 4.98 Å². The number of ether oxygens (including phenoxy) is 1. The van der Waals surface area contributed by atoms with E-state index in [-0.39, 0.29) is 34.6 Å². The van der Waals surface area contributed by atoms with Gasteiger partial charge < -0.3 is 9.26 Å². The van der Waals surface area contributed by atoms with Crippen LogP contribution in [0.5, 0.6) is 0 Å². The molecule has 1 aromatic carbocycles. The Hall–Kier alpha value is -2.48. The quantitative estimate of drug-likeness (QED) is 0.484. The summed E-state index contributed by atoms with van der Waals surface area (Å²) in [5.74, 6) is -1.32. The summed E-state index contributed by atoms with van der Waals surface area (Å²) in [6.45, 7) is 1.77. The molecule has 0 radical (unpaired) electrons. The Labute approximate surface area is 117 Å². The molecule has 0 fully saturated rings. The van der Waals surface area contributed by atoms with E-state index in [2.05, 4.69) is 10.1 Å². The molecule has 9 heteroatoms. The second kappa shape index (κ2) is 5.66. The van der Waals surface area contributed by atoms with Crippen LogP contribution >= 0.6 is 11.6 Å². The molecule has 2 aromatic rings. The largest absolute Gasteiger partial charge is 0.460 e. The second-order valence-electron chi connectivity index (χ2n) is 3.53. The molecule has 0 aliphatic carbocycles. The first-order valence-corrected chi connectivity index (χ1v) is 5.86. The van der Waals surface area contributed by atoms with Crippen molar-refractivity contribution in [3.05, 3.63) is 39.2 Å². The zero-order valence-corrected chi connectivity index (χ0v) is 11.0. The molecule has 0 atom stereocenters. The number of rotatable bonds is 4. The van der Waals surface area contributed by atoms with Crippen molar-refractivity contribution in [3.63, 3.8) is 0 Å². The normalized spacial score (nSPS) is 10.3. The fraction of sp³-hybridized carbons (Fsp3) is 0.182. The maximum Gasteiger partial charge on any atom is 0.379 e. The number of nitro benzene ring substituents is 1. The first kappa shape index (κ1) is 13.9. The van der Waals surface area contributed by atoms with Crippen molar-refractivity contribution in [2.24, 2.45) is 0 Å². The van der Waals surface area contributed by atoms with Crippen LogP contribution in [-0.4, -0.2) is 27.6 Å². The van der Waals surface area contributed by atoms with Gasteiger partial charge in [-0.1, -0.05) is 17.7 Å². The molecule has 1 heterocycles. The van der Waals surface area contributed by atoms with Crippen molar-refractivity contribution in [2.75, 3.05) is 6.61 Å². The molecule has 0 saturated carbocycles. The highest BCUT2D eigenvalue weighted by Gasteiger charge is 2.25. The highest BCUT2D eigenvalue weighted by atomic mass is 35.5. The van der Waals surface area contributed by atoms with Crippen molar-refractivity contribution in [1.82, 2.24) is 10.1 Å². The molecule has 8 nitrogen and oxygen atoms in total. The van der Waals surface area contributed by atoms with E-state index in [1.54, 1.807) is 6.92 Å². The van der Waals surface area contributed by atoms with Crippen LogP contribution in [0.3, 0.4) is 0 Å². The lowest BCUT2D eigenvalue weighted by molar-refractivity contribution is -0.384. The summed E-state index contributed by atoms with van der Waals surface area (Å²) in [6.07, 6.45) is 0. The van der Waals surface area contributed by atoms with E-state index in [9.17, 15) is 14.9 Å². The summed E-state index contributed by atoms with van der Waals surface area (Å²) in [6, 6.07) is 4.11. The Morgan fingerprint density at radius 2 is 2.30 bits per heavy atom. The van der Waals surface area contributed by atoms with Crippen molar-refractivity contribution < 1.29 is 19.0 Å². The van der Waals surface area contributed by atoms with Gasteiger partial charge in [0.15, 0.2) is 0 Å². The van der Waals surface area contributed by atoms with Gasteiger partial charge in [0.2, 0.25) is 0 Å². The maximum absolute atomic E-state index is 11.4. The van der Waals surface area contributed by atoms with Gasteiger partial charge in [0.25, 0.3) is 17.4 Å². The van der Waals surface area contributed by atoms with Gasteiger partial charge in [-0.25, -0.2) is 4.79 Å². The number of halogens is 1. The fourth-order valence-corrected chi connectivity index (χ4v) is 1.73. The molecular formula is C11H8ClN3O5. The molecule has 0 aliphatic heterocycles. The van der Waals surface area contributed by atoms with E-state index in [1.807, 2.05) is 0 Å². The van der Waals surface area contributed by atoms with E-state index < -0.39 is 10.9 Å². The first-order valence-electron chi connectivity index (χ1n) is 5.48. The number of nitrogens with zero attached hydrogens (tertiary/aromatic N) is 3. The average Bonchev–Trinajstić information content (AvgIpc) is 2.88. The van der Waals surface area contributed by atoms with Crippen LogP contribution in [0.15, 0.2) is 22.7 Å². The summed E-state index contributed by atoms with van der Waals surface area (Å²) in [5.41, 5.74) is -0.334. The van der Waals surface area contributed by atoms with E-state index in [0.717, 1.165) is 0 Å². The van der Waals surface area contributed by atoms with Crippen molar-refractivity contribution >= 4 is 23.3 Å². The molecule has 0 aliphatic rings. The van der Waals surface area contributed by atoms with Crippen LogP contribution in [0.2, 0.25) is 5.02 Å². The smallest absolute Gasteiger partial charge is 0.379 e. The molecule has 0 amide bonds. The Morgan fingerprint density at radius 3 is 2.95 bits per heavy atom. The lowest BCUT2D eigenvalue weighted by Crippen LogP contribution is -2.06. The summed E-state index contributed by atoms with van der Waals surface area (Å²) >= 11 is 5.91. The third-order valence-corrected chi connectivity index (χ3v) is 2.60. The van der Waals surface area contributed by atoms with Crippen LogP contribution in [0, 0.1) is 10.1 Å². The maximum atomic E-state index is 11.4. The summed E-state index contributed by atoms with van der Waals surface area (Å²) < 4.78 is 9.53. The van der Waals surface area contributed by atoms with Crippen molar-refractivity contribution in [2.45, 2.75) is 6.92 Å². The summed E-state index contributed by atoms with van der Waals surface area (Å²) in [5, 5.41) is 14.4. The van der Waals surface area contributed by atoms with E-state index in [4.69, 9.17) is 20.9 Å². The van der Waals surface area contributed by atoms with Crippen LogP contribution in [0.25, 0.3) is 11.5 Å². The van der Waals surface area contributed by atoms with Crippen LogP contribution in [-0.2, 0) is 4.74 Å². The molecular weight excluding hydrogens is 290 g/mol. The highest BCUT2D eigenvalue weighted by Crippen LogP contribution is 2.35. The minimum Gasteiger partial charge on any atom is -0.460 e. The SMILES string of the molecule is CCOC(=O)c1noc(-c2c(Cl)cccc2[N+](=O)[O-])n1. The molecule has 1 aromatic heterocycles. The molecule has 104 valence electrons. The molecule has 2 rings (SSSR count). The third kappa shape index (κ3) is 2.59. The molecule has 0 N–H and O–H groups in total. The number of hydrogen-bond donors (Lipinski definition) is 0. The van der Waals surface area contributed by atoms with Crippen LogP contribution in [0.1, 0.15) is 17.5 Å². The molecule has 0 bridgehead atoms. The van der Waals surface area contributed by atoms with Gasteiger partial charge >= 0.3 is 5.97 Å². The van der Waals surface area contributed by atoms with Crippen molar-refractivity contribution in [3.8, 4) is 11.5 Å². The van der Waals surface area contributed by atoms with Crippen LogP contribution < -0.4 is 0 Å². The third-order valence-electron chi connectivity index (χ3n) is 2.29. The van der Waals surface area contributed by atoms with Gasteiger partial charge in [-0.05, 0) is 18.1 Å². The zero-order chi connectivity index (χ0) is 14.7. The Morgan fingerprint density at radius 1 is 1.55 bits per heavy atom. The monoisotopic (exact) mass is 297 g/mol. The number of carbonyl (C=O) groups is 1. The van der Waals surface area contributed by atoms with E-state index in [1.165, 1.54) is 18.2 Å². The van der Waals surface area contributed by atoms with Gasteiger partial charge in [-0.3, -0.25) is 10.1 Å². The lowest BCUT2D eigenvalue weighted by Gasteiger charge is -1.99. The highest BCUT2D eigenvalue weighted by molar-refractivity contribution is 6.33. The van der Waals surface area contributed by atoms with Gasteiger partial charge in [-0.15, -0.1) is 0 Å². The Bertz CT molecular complexity index is 670. The molecule has 20 heavy (non-hydrogen) atoms. The standard InChI is InChI=1S/C11H8ClN3O5/c1-2-19-11(16)9-13-10(20-14-9)8-6(12)4-3-5-7(8)15(17)18/h3-5H,2H2,1H3. The number of hydrogen-bond acceptors (Lipinski definition) is 7. The molecule has 0 spiro atoms. The van der Waals surface area contributed by atoms with E-state index >= 15 is 0 Å². The number of benzene rings is 1. The number of nitro groups is 1. The van der Waals surface area contributed by atoms with Crippen LogP contribution in [0.4, 0.5) is 5.69 Å². The summed E-state index contributed by atoms with van der Waals surface area (Å²) in [4.78, 5) is 25.5. The Kier molecular flexibility index (Phi) is 3.94. The first-order chi connectivity index (χ1) is 9.54. The second-order valence-corrected chi connectivity index (χ2v) is 3.94. The zero-order valence-electron chi connectivity index (χ0n) is 10.2. The predicted octanol–water partition coefficient (Wildman–Crippen LogP) is 2.47. The molecule has 0 unspecified atom stereocenters. The predicted molar refractivity (Wildman–Crippen MR) is 67.4 cm³/mol. The summed E-state index contributed by atoms with van der Waals surface area (Å²) in [7, 11) is 0.